The molecule has 0 radical (unpaired) electrons. The summed E-state index contributed by atoms with van der Waals surface area (Å²) in [6.45, 7) is 2.82. The highest BCUT2D eigenvalue weighted by atomic mass is 32.2. The molecule has 0 aliphatic heterocycles. The van der Waals surface area contributed by atoms with Crippen LogP contribution in [0.5, 0.6) is 0 Å². The van der Waals surface area contributed by atoms with Gasteiger partial charge in [-0.25, -0.2) is 22.5 Å². The van der Waals surface area contributed by atoms with E-state index in [4.69, 9.17) is 0 Å². The molecule has 2 aromatic heterocycles. The van der Waals surface area contributed by atoms with Crippen LogP contribution in [-0.2, 0) is 23.1 Å². The highest BCUT2D eigenvalue weighted by molar-refractivity contribution is 7.89. The van der Waals surface area contributed by atoms with Crippen LogP contribution in [0.4, 0.5) is 4.39 Å². The smallest absolute Gasteiger partial charge is 0.243 e. The number of sulfonamides is 1. The normalized spacial score (nSPS) is 11.9. The Labute approximate surface area is 146 Å². The van der Waals surface area contributed by atoms with Gasteiger partial charge in [0.25, 0.3) is 0 Å². The lowest BCUT2D eigenvalue weighted by atomic mass is 10.2. The summed E-state index contributed by atoms with van der Waals surface area (Å²) in [4.78, 5) is 4.52. The molecule has 2 heterocycles. The zero-order valence-electron chi connectivity index (χ0n) is 13.9. The number of rotatable bonds is 7. The van der Waals surface area contributed by atoms with Crippen LogP contribution < -0.4 is 4.72 Å². The maximum Gasteiger partial charge on any atom is 0.243 e. The van der Waals surface area contributed by atoms with Crippen molar-refractivity contribution in [3.8, 4) is 0 Å². The van der Waals surface area contributed by atoms with Crippen molar-refractivity contribution in [2.75, 3.05) is 0 Å². The molecule has 0 bridgehead atoms. The average molecular weight is 361 g/mol. The van der Waals surface area contributed by atoms with Crippen molar-refractivity contribution in [2.45, 2.75) is 37.8 Å². The topological polar surface area (TPSA) is 64.0 Å². The Bertz CT molecular complexity index is 983. The number of nitrogens with zero attached hydrogens (tertiary/aromatic N) is 2. The number of pyridine rings is 1. The van der Waals surface area contributed by atoms with Crippen LogP contribution in [-0.4, -0.2) is 18.0 Å². The highest BCUT2D eigenvalue weighted by Crippen LogP contribution is 2.24. The Morgan fingerprint density at radius 1 is 1.24 bits per heavy atom. The van der Waals surface area contributed by atoms with Gasteiger partial charge < -0.3 is 4.57 Å². The van der Waals surface area contributed by atoms with E-state index in [1.165, 1.54) is 12.1 Å². The number of hydrogen-bond acceptors (Lipinski definition) is 3. The molecule has 0 atom stereocenters. The van der Waals surface area contributed by atoms with Gasteiger partial charge in [0.05, 0.1) is 0 Å². The van der Waals surface area contributed by atoms with Crippen molar-refractivity contribution >= 4 is 21.1 Å². The first-order valence-electron chi connectivity index (χ1n) is 8.19. The lowest BCUT2D eigenvalue weighted by Crippen LogP contribution is -2.23. The molecule has 1 aromatic carbocycles. The van der Waals surface area contributed by atoms with E-state index in [1.54, 1.807) is 36.7 Å². The third kappa shape index (κ3) is 3.88. The van der Waals surface area contributed by atoms with Gasteiger partial charge in [0.15, 0.2) is 0 Å². The second kappa shape index (κ2) is 7.33. The Balaban J connectivity index is 1.91. The van der Waals surface area contributed by atoms with Crippen molar-refractivity contribution in [1.82, 2.24) is 14.3 Å². The minimum atomic E-state index is -3.74. The molecule has 0 aliphatic carbocycles. The minimum absolute atomic E-state index is 0.0298. The monoisotopic (exact) mass is 361 g/mol. The van der Waals surface area contributed by atoms with Gasteiger partial charge >= 0.3 is 0 Å². The molecule has 0 fully saturated rings. The predicted octanol–water partition coefficient (Wildman–Crippen LogP) is 3.45. The van der Waals surface area contributed by atoms with Gasteiger partial charge in [-0.1, -0.05) is 25.5 Å². The summed E-state index contributed by atoms with van der Waals surface area (Å²) in [5, 5.41) is 0.588. The van der Waals surface area contributed by atoms with Gasteiger partial charge in [0, 0.05) is 30.9 Å². The van der Waals surface area contributed by atoms with Crippen molar-refractivity contribution in [3.63, 3.8) is 0 Å². The summed E-state index contributed by atoms with van der Waals surface area (Å²) < 4.78 is 43.2. The van der Waals surface area contributed by atoms with Crippen LogP contribution in [0.2, 0.25) is 0 Å². The number of fused-ring (bicyclic) bond motifs is 1. The van der Waals surface area contributed by atoms with Gasteiger partial charge in [0.2, 0.25) is 10.0 Å². The summed E-state index contributed by atoms with van der Waals surface area (Å²) in [5.74, 6) is -0.392. The summed E-state index contributed by atoms with van der Waals surface area (Å²) in [7, 11) is -3.74. The van der Waals surface area contributed by atoms with Crippen LogP contribution in [0, 0.1) is 5.82 Å². The Morgan fingerprint density at radius 2 is 2.08 bits per heavy atom. The fourth-order valence-corrected chi connectivity index (χ4v) is 3.93. The molecule has 0 spiro atoms. The highest BCUT2D eigenvalue weighted by Gasteiger charge is 2.21. The van der Waals surface area contributed by atoms with Crippen LogP contribution in [0.15, 0.2) is 53.7 Å². The zero-order chi connectivity index (χ0) is 17.9. The minimum Gasteiger partial charge on any atom is -0.331 e. The third-order valence-electron chi connectivity index (χ3n) is 3.99. The molecular weight excluding hydrogens is 341 g/mol. The van der Waals surface area contributed by atoms with E-state index in [-0.39, 0.29) is 11.4 Å². The van der Waals surface area contributed by atoms with Gasteiger partial charge in [0.1, 0.15) is 16.4 Å². The molecule has 0 unspecified atom stereocenters. The number of halogens is 1. The molecule has 0 aliphatic rings. The SMILES string of the molecule is CCCCn1cc(S(=O)(=O)NCc2cccc(F)c2)c2cccnc21. The van der Waals surface area contributed by atoms with Crippen molar-refractivity contribution in [2.24, 2.45) is 0 Å². The molecule has 25 heavy (non-hydrogen) atoms. The first-order valence-corrected chi connectivity index (χ1v) is 9.67. The number of hydrogen-bond donors (Lipinski definition) is 1. The van der Waals surface area contributed by atoms with Crippen molar-refractivity contribution < 1.29 is 12.8 Å². The lowest BCUT2D eigenvalue weighted by Gasteiger charge is -2.06. The van der Waals surface area contributed by atoms with Crippen molar-refractivity contribution in [3.05, 3.63) is 60.2 Å². The second-order valence-electron chi connectivity index (χ2n) is 5.87. The van der Waals surface area contributed by atoms with E-state index in [0.717, 1.165) is 12.8 Å². The molecule has 5 nitrogen and oxygen atoms in total. The van der Waals surface area contributed by atoms with Crippen molar-refractivity contribution in [1.29, 1.82) is 0 Å². The van der Waals surface area contributed by atoms with Gasteiger partial charge in [-0.05, 0) is 36.2 Å². The number of aromatic nitrogens is 2. The number of aryl methyl sites for hydroxylation is 1. The molecular formula is C18H20FN3O2S. The standard InChI is InChI=1S/C18H20FN3O2S/c1-2-3-10-22-13-17(16-8-5-9-20-18(16)22)25(23,24)21-12-14-6-4-7-15(19)11-14/h4-9,11,13,21H,2-3,10,12H2,1H3. The summed E-state index contributed by atoms with van der Waals surface area (Å²) in [6, 6.07) is 9.34. The van der Waals surface area contributed by atoms with E-state index in [9.17, 15) is 12.8 Å². The zero-order valence-corrected chi connectivity index (χ0v) is 14.8. The molecule has 132 valence electrons. The molecule has 1 N–H and O–H groups in total. The van der Waals surface area contributed by atoms with E-state index < -0.39 is 15.8 Å². The summed E-state index contributed by atoms with van der Waals surface area (Å²) >= 11 is 0. The third-order valence-corrected chi connectivity index (χ3v) is 5.42. The fourth-order valence-electron chi connectivity index (χ4n) is 2.71. The quantitative estimate of drug-likeness (QED) is 0.701. The van der Waals surface area contributed by atoms with Crippen LogP contribution in [0.25, 0.3) is 11.0 Å². The average Bonchev–Trinajstić information content (AvgIpc) is 2.98. The van der Waals surface area contributed by atoms with E-state index in [2.05, 4.69) is 16.6 Å². The van der Waals surface area contributed by atoms with E-state index in [0.29, 0.717) is 23.1 Å². The van der Waals surface area contributed by atoms with Gasteiger partial charge in [-0.15, -0.1) is 0 Å². The van der Waals surface area contributed by atoms with Crippen LogP contribution in [0.3, 0.4) is 0 Å². The first kappa shape index (κ1) is 17.6. The van der Waals surface area contributed by atoms with Gasteiger partial charge in [-0.2, -0.15) is 0 Å². The molecule has 0 amide bonds. The molecule has 3 aromatic rings. The number of nitrogens with one attached hydrogen (secondary N) is 1. The van der Waals surface area contributed by atoms with E-state index >= 15 is 0 Å². The molecule has 3 rings (SSSR count). The maximum atomic E-state index is 13.3. The largest absolute Gasteiger partial charge is 0.331 e. The fraction of sp³-hybridized carbons (Fsp3) is 0.278. The predicted molar refractivity (Wildman–Crippen MR) is 95.1 cm³/mol. The lowest BCUT2D eigenvalue weighted by molar-refractivity contribution is 0.579. The number of unbranched alkanes of at least 4 members (excludes halogenated alkanes) is 1. The Hall–Kier alpha value is -2.25. The second-order valence-corrected chi connectivity index (χ2v) is 7.60. The maximum absolute atomic E-state index is 13.3. The molecule has 0 saturated carbocycles. The Morgan fingerprint density at radius 3 is 2.84 bits per heavy atom. The van der Waals surface area contributed by atoms with Crippen LogP contribution >= 0.6 is 0 Å². The Kier molecular flexibility index (Phi) is 5.15. The van der Waals surface area contributed by atoms with Crippen LogP contribution in [0.1, 0.15) is 25.3 Å². The van der Waals surface area contributed by atoms with E-state index in [1.807, 2.05) is 4.57 Å². The number of benzene rings is 1. The first-order chi connectivity index (χ1) is 12.0. The molecule has 0 saturated heterocycles. The van der Waals surface area contributed by atoms with Gasteiger partial charge in [-0.3, -0.25) is 0 Å². The summed E-state index contributed by atoms with van der Waals surface area (Å²) in [6.07, 6.45) is 5.23. The summed E-state index contributed by atoms with van der Waals surface area (Å²) in [5.41, 5.74) is 1.22. The molecule has 7 heteroatoms.